The lowest BCUT2D eigenvalue weighted by Crippen LogP contribution is -2.18. The summed E-state index contributed by atoms with van der Waals surface area (Å²) in [5.74, 6) is 0. The van der Waals surface area contributed by atoms with Crippen molar-refractivity contribution in [3.63, 3.8) is 0 Å². The van der Waals surface area contributed by atoms with Crippen LogP contribution in [0.25, 0.3) is 0 Å². The molecule has 0 fully saturated rings. The Hall–Kier alpha value is -1.03. The van der Waals surface area contributed by atoms with Gasteiger partial charge in [0.15, 0.2) is 0 Å². The van der Waals surface area contributed by atoms with Crippen LogP contribution in [0.15, 0.2) is 35.7 Å². The fourth-order valence-electron chi connectivity index (χ4n) is 1.98. The maximum Gasteiger partial charge on any atom is 0.0519 e. The smallest absolute Gasteiger partial charge is 0.0519 e. The first-order valence-electron chi connectivity index (χ1n) is 5.92. The van der Waals surface area contributed by atoms with Crippen LogP contribution in [0.5, 0.6) is 0 Å². The Balaban J connectivity index is 2.22. The fourth-order valence-corrected chi connectivity index (χ4v) is 2.90. The molecule has 96 valence electrons. The van der Waals surface area contributed by atoms with E-state index in [1.54, 1.807) is 11.3 Å². The Bertz CT molecular complexity index is 497. The van der Waals surface area contributed by atoms with Gasteiger partial charge >= 0.3 is 0 Å². The van der Waals surface area contributed by atoms with Crippen molar-refractivity contribution in [1.82, 2.24) is 0 Å². The molecule has 0 amide bonds. The molecule has 0 unspecified atom stereocenters. The molecule has 0 spiro atoms. The monoisotopic (exact) mass is 280 g/mol. The van der Waals surface area contributed by atoms with E-state index in [1.165, 1.54) is 16.1 Å². The number of hydrogen-bond acceptors (Lipinski definition) is 3. The minimum atomic E-state index is 0.654. The number of rotatable bonds is 5. The Kier molecular flexibility index (Phi) is 4.64. The molecular weight excluding hydrogens is 264 g/mol. The maximum absolute atomic E-state index is 6.09. The molecule has 2 aromatic rings. The molecular formula is C14H17ClN2S. The predicted molar refractivity (Wildman–Crippen MR) is 80.6 cm³/mol. The highest BCUT2D eigenvalue weighted by molar-refractivity contribution is 7.09. The normalized spacial score (nSPS) is 10.6. The van der Waals surface area contributed by atoms with Gasteiger partial charge in [0.05, 0.1) is 6.54 Å². The molecule has 1 aromatic carbocycles. The molecule has 0 radical (unpaired) electrons. The van der Waals surface area contributed by atoms with Gasteiger partial charge in [-0.3, -0.25) is 0 Å². The van der Waals surface area contributed by atoms with Crippen molar-refractivity contribution in [2.75, 3.05) is 18.5 Å². The van der Waals surface area contributed by atoms with Crippen LogP contribution in [0.3, 0.4) is 0 Å². The molecule has 18 heavy (non-hydrogen) atoms. The molecule has 0 aliphatic carbocycles. The number of halogens is 1. The SMILES string of the molecule is CN(Cc1cccs1)c1cc(Cl)ccc1CCN. The quantitative estimate of drug-likeness (QED) is 0.908. The van der Waals surface area contributed by atoms with Crippen LogP contribution >= 0.6 is 22.9 Å². The molecule has 0 saturated heterocycles. The summed E-state index contributed by atoms with van der Waals surface area (Å²) in [6.07, 6.45) is 0.876. The topological polar surface area (TPSA) is 29.3 Å². The number of hydrogen-bond donors (Lipinski definition) is 1. The predicted octanol–water partition coefficient (Wildman–Crippen LogP) is 3.54. The summed E-state index contributed by atoms with van der Waals surface area (Å²) >= 11 is 7.86. The first-order valence-corrected chi connectivity index (χ1v) is 7.18. The van der Waals surface area contributed by atoms with E-state index in [0.29, 0.717) is 6.54 Å². The number of nitrogens with zero attached hydrogens (tertiary/aromatic N) is 1. The van der Waals surface area contributed by atoms with E-state index in [0.717, 1.165) is 18.0 Å². The highest BCUT2D eigenvalue weighted by Crippen LogP contribution is 2.26. The van der Waals surface area contributed by atoms with E-state index < -0.39 is 0 Å². The van der Waals surface area contributed by atoms with Gasteiger partial charge in [0.1, 0.15) is 0 Å². The second-order valence-electron chi connectivity index (χ2n) is 4.25. The van der Waals surface area contributed by atoms with Crippen molar-refractivity contribution >= 4 is 28.6 Å². The summed E-state index contributed by atoms with van der Waals surface area (Å²) in [5, 5.41) is 2.87. The molecule has 0 saturated carbocycles. The molecule has 0 atom stereocenters. The maximum atomic E-state index is 6.09. The summed E-state index contributed by atoms with van der Waals surface area (Å²) in [6, 6.07) is 10.2. The van der Waals surface area contributed by atoms with Crippen LogP contribution < -0.4 is 10.6 Å². The number of anilines is 1. The molecule has 0 bridgehead atoms. The van der Waals surface area contributed by atoms with Gasteiger partial charge in [-0.05, 0) is 42.1 Å². The van der Waals surface area contributed by atoms with Gasteiger partial charge in [0.2, 0.25) is 0 Å². The van der Waals surface area contributed by atoms with E-state index in [2.05, 4.69) is 35.5 Å². The van der Waals surface area contributed by atoms with Gasteiger partial charge in [0, 0.05) is 22.6 Å². The summed E-state index contributed by atoms with van der Waals surface area (Å²) in [6.45, 7) is 1.55. The summed E-state index contributed by atoms with van der Waals surface area (Å²) in [4.78, 5) is 3.57. The van der Waals surface area contributed by atoms with Crippen LogP contribution in [0.1, 0.15) is 10.4 Å². The third-order valence-electron chi connectivity index (χ3n) is 2.85. The summed E-state index contributed by atoms with van der Waals surface area (Å²) in [5.41, 5.74) is 8.07. The van der Waals surface area contributed by atoms with Crippen molar-refractivity contribution in [1.29, 1.82) is 0 Å². The van der Waals surface area contributed by atoms with Gasteiger partial charge in [-0.25, -0.2) is 0 Å². The van der Waals surface area contributed by atoms with Gasteiger partial charge < -0.3 is 10.6 Å². The Morgan fingerprint density at radius 1 is 1.33 bits per heavy atom. The first kappa shape index (κ1) is 13.4. The zero-order valence-corrected chi connectivity index (χ0v) is 12.0. The van der Waals surface area contributed by atoms with Crippen molar-refractivity contribution < 1.29 is 0 Å². The van der Waals surface area contributed by atoms with E-state index >= 15 is 0 Å². The van der Waals surface area contributed by atoms with Gasteiger partial charge in [0.25, 0.3) is 0 Å². The summed E-state index contributed by atoms with van der Waals surface area (Å²) < 4.78 is 0. The Morgan fingerprint density at radius 3 is 2.83 bits per heavy atom. The third kappa shape index (κ3) is 3.25. The molecule has 0 aliphatic heterocycles. The van der Waals surface area contributed by atoms with Gasteiger partial charge in [-0.1, -0.05) is 23.7 Å². The molecule has 0 aliphatic rings. The lowest BCUT2D eigenvalue weighted by molar-refractivity contribution is 0.903. The van der Waals surface area contributed by atoms with Crippen LogP contribution in [0.4, 0.5) is 5.69 Å². The molecule has 2 nitrogen and oxygen atoms in total. The van der Waals surface area contributed by atoms with Crippen LogP contribution in [0.2, 0.25) is 5.02 Å². The lowest BCUT2D eigenvalue weighted by atomic mass is 10.1. The zero-order chi connectivity index (χ0) is 13.0. The van der Waals surface area contributed by atoms with Crippen molar-refractivity contribution in [3.8, 4) is 0 Å². The lowest BCUT2D eigenvalue weighted by Gasteiger charge is -2.22. The standard InChI is InChI=1S/C14H17ClN2S/c1-17(10-13-3-2-8-18-13)14-9-12(15)5-4-11(14)6-7-16/h2-5,8-9H,6-7,10,16H2,1H3. The van der Waals surface area contributed by atoms with Crippen LogP contribution in [0, 0.1) is 0 Å². The van der Waals surface area contributed by atoms with Crippen LogP contribution in [-0.2, 0) is 13.0 Å². The molecule has 4 heteroatoms. The summed E-state index contributed by atoms with van der Waals surface area (Å²) in [7, 11) is 2.09. The second kappa shape index (κ2) is 6.23. The highest BCUT2D eigenvalue weighted by Gasteiger charge is 2.09. The Morgan fingerprint density at radius 2 is 2.17 bits per heavy atom. The molecule has 2 rings (SSSR count). The van der Waals surface area contributed by atoms with Crippen molar-refractivity contribution in [2.24, 2.45) is 5.73 Å². The van der Waals surface area contributed by atoms with E-state index in [9.17, 15) is 0 Å². The van der Waals surface area contributed by atoms with Gasteiger partial charge in [-0.15, -0.1) is 11.3 Å². The fraction of sp³-hybridized carbons (Fsp3) is 0.286. The van der Waals surface area contributed by atoms with E-state index in [4.69, 9.17) is 17.3 Å². The number of benzene rings is 1. The average Bonchev–Trinajstić information content (AvgIpc) is 2.84. The molecule has 2 N–H and O–H groups in total. The second-order valence-corrected chi connectivity index (χ2v) is 5.72. The van der Waals surface area contributed by atoms with Crippen molar-refractivity contribution in [3.05, 3.63) is 51.2 Å². The number of nitrogens with two attached hydrogens (primary N) is 1. The highest BCUT2D eigenvalue weighted by atomic mass is 35.5. The molecule has 1 heterocycles. The average molecular weight is 281 g/mol. The van der Waals surface area contributed by atoms with E-state index in [-0.39, 0.29) is 0 Å². The largest absolute Gasteiger partial charge is 0.369 e. The first-order chi connectivity index (χ1) is 8.70. The molecule has 1 aromatic heterocycles. The third-order valence-corrected chi connectivity index (χ3v) is 3.94. The zero-order valence-electron chi connectivity index (χ0n) is 10.4. The van der Waals surface area contributed by atoms with Gasteiger partial charge in [-0.2, -0.15) is 0 Å². The minimum absolute atomic E-state index is 0.654. The Labute approximate surface area is 117 Å². The van der Waals surface area contributed by atoms with E-state index in [1.807, 2.05) is 12.1 Å². The van der Waals surface area contributed by atoms with Crippen molar-refractivity contribution in [2.45, 2.75) is 13.0 Å². The van der Waals surface area contributed by atoms with Crippen LogP contribution in [-0.4, -0.2) is 13.6 Å². The minimum Gasteiger partial charge on any atom is -0.369 e. The number of thiophene rings is 1.